The van der Waals surface area contributed by atoms with Crippen LogP contribution >= 0.6 is 0 Å². The lowest BCUT2D eigenvalue weighted by Crippen LogP contribution is -2.17. The van der Waals surface area contributed by atoms with E-state index in [0.29, 0.717) is 19.6 Å². The van der Waals surface area contributed by atoms with E-state index < -0.39 is 6.16 Å². The zero-order chi connectivity index (χ0) is 14.3. The molecule has 0 saturated carbocycles. The first-order valence-corrected chi connectivity index (χ1v) is 7.17. The lowest BCUT2D eigenvalue weighted by Gasteiger charge is -2.17. The molecule has 0 aliphatic carbocycles. The minimum atomic E-state index is -1.21. The van der Waals surface area contributed by atoms with Crippen LogP contribution in [0.5, 0.6) is 0 Å². The van der Waals surface area contributed by atoms with Crippen molar-refractivity contribution in [2.75, 3.05) is 26.9 Å². The molecule has 0 spiro atoms. The first-order valence-electron chi connectivity index (χ1n) is 7.17. The van der Waals surface area contributed by atoms with E-state index in [1.165, 1.54) is 19.3 Å². The molecule has 0 heterocycles. The minimum absolute atomic E-state index is 0.185. The average molecular weight is 276 g/mol. The van der Waals surface area contributed by atoms with Crippen molar-refractivity contribution < 1.29 is 24.1 Å². The van der Waals surface area contributed by atoms with Crippen LogP contribution < -0.4 is 0 Å². The lowest BCUT2D eigenvalue weighted by molar-refractivity contribution is 0.00356. The number of ether oxygens (including phenoxy) is 3. The molecule has 0 bridgehead atoms. The molecule has 0 aliphatic heterocycles. The highest BCUT2D eigenvalue weighted by molar-refractivity contribution is 5.56. The number of unbranched alkanes of at least 4 members (excludes halogenated alkanes) is 3. The average Bonchev–Trinajstić information content (AvgIpc) is 2.38. The molecule has 0 aromatic rings. The van der Waals surface area contributed by atoms with Crippen LogP contribution in [0, 0.1) is 0 Å². The van der Waals surface area contributed by atoms with Gasteiger partial charge in [0.05, 0.1) is 25.9 Å². The third-order valence-electron chi connectivity index (χ3n) is 2.92. The largest absolute Gasteiger partial charge is 0.505 e. The van der Waals surface area contributed by atoms with Crippen LogP contribution in [-0.4, -0.2) is 44.3 Å². The van der Waals surface area contributed by atoms with Gasteiger partial charge in [-0.3, -0.25) is 0 Å². The Balaban J connectivity index is 3.72. The maximum Gasteiger partial charge on any atom is 0.505 e. The van der Waals surface area contributed by atoms with E-state index in [-0.39, 0.29) is 12.7 Å². The number of hydrogen-bond donors (Lipinski definition) is 1. The van der Waals surface area contributed by atoms with Gasteiger partial charge in [0.2, 0.25) is 0 Å². The normalized spacial score (nSPS) is 12.3. The van der Waals surface area contributed by atoms with E-state index >= 15 is 0 Å². The summed E-state index contributed by atoms with van der Waals surface area (Å²) in [4.78, 5) is 10.2. The Hall–Kier alpha value is -0.810. The highest BCUT2D eigenvalue weighted by Crippen LogP contribution is 2.13. The summed E-state index contributed by atoms with van der Waals surface area (Å²) >= 11 is 0. The first kappa shape index (κ1) is 18.2. The van der Waals surface area contributed by atoms with Gasteiger partial charge in [-0.05, 0) is 19.3 Å². The fourth-order valence-electron chi connectivity index (χ4n) is 1.88. The molecule has 0 aliphatic rings. The predicted molar refractivity (Wildman–Crippen MR) is 73.6 cm³/mol. The molecule has 0 saturated heterocycles. The Morgan fingerprint density at radius 1 is 1.05 bits per heavy atom. The Labute approximate surface area is 116 Å². The number of carboxylic acid groups (broad SMARTS) is 1. The fraction of sp³-hybridized carbons (Fsp3) is 0.929. The molecule has 114 valence electrons. The molecule has 0 fully saturated rings. The first-order chi connectivity index (χ1) is 9.20. The number of carbonyl (C=O) groups is 1. The molecule has 1 unspecified atom stereocenters. The van der Waals surface area contributed by atoms with Gasteiger partial charge in [0.25, 0.3) is 0 Å². The van der Waals surface area contributed by atoms with Crippen LogP contribution in [0.1, 0.15) is 51.9 Å². The molecule has 5 heteroatoms. The van der Waals surface area contributed by atoms with E-state index in [1.54, 1.807) is 7.11 Å². The van der Waals surface area contributed by atoms with E-state index in [1.807, 2.05) is 0 Å². The van der Waals surface area contributed by atoms with E-state index in [9.17, 15) is 4.79 Å². The van der Waals surface area contributed by atoms with E-state index in [4.69, 9.17) is 14.6 Å². The van der Waals surface area contributed by atoms with Gasteiger partial charge in [0.15, 0.2) is 0 Å². The molecular formula is C14H28O5. The topological polar surface area (TPSA) is 65.0 Å². The van der Waals surface area contributed by atoms with Crippen molar-refractivity contribution in [3.8, 4) is 0 Å². The van der Waals surface area contributed by atoms with Crippen molar-refractivity contribution in [2.45, 2.75) is 58.0 Å². The van der Waals surface area contributed by atoms with Crippen LogP contribution in [0.25, 0.3) is 0 Å². The monoisotopic (exact) mass is 276 g/mol. The van der Waals surface area contributed by atoms with E-state index in [0.717, 1.165) is 19.3 Å². The van der Waals surface area contributed by atoms with Gasteiger partial charge in [-0.25, -0.2) is 4.79 Å². The van der Waals surface area contributed by atoms with Crippen LogP contribution in [0.2, 0.25) is 0 Å². The van der Waals surface area contributed by atoms with Crippen LogP contribution in [0.3, 0.4) is 0 Å². The summed E-state index contributed by atoms with van der Waals surface area (Å²) in [6, 6.07) is 0. The number of hydrogen-bond acceptors (Lipinski definition) is 4. The second kappa shape index (κ2) is 13.6. The number of rotatable bonds is 13. The number of methoxy groups -OCH3 is 1. The molecule has 5 nitrogen and oxygen atoms in total. The Kier molecular flexibility index (Phi) is 13.0. The molecule has 0 amide bonds. The highest BCUT2D eigenvalue weighted by Gasteiger charge is 2.09. The molecule has 1 N–H and O–H groups in total. The standard InChI is InChI=1S/C14H28O5/c1-3-4-5-6-8-13(18-12-11-17-2)9-7-10-19-14(15)16/h13H,3-12H2,1-2H3,(H,15,16). The summed E-state index contributed by atoms with van der Waals surface area (Å²) in [6.07, 6.45) is 6.41. The summed E-state index contributed by atoms with van der Waals surface area (Å²) in [7, 11) is 1.65. The second-order valence-electron chi connectivity index (χ2n) is 4.59. The summed E-state index contributed by atoms with van der Waals surface area (Å²) in [5.74, 6) is 0. The molecule has 0 aromatic carbocycles. The van der Waals surface area contributed by atoms with Gasteiger partial charge in [-0.1, -0.05) is 32.6 Å². The second-order valence-corrected chi connectivity index (χ2v) is 4.59. The summed E-state index contributed by atoms with van der Waals surface area (Å²) < 4.78 is 15.2. The van der Waals surface area contributed by atoms with Gasteiger partial charge >= 0.3 is 6.16 Å². The van der Waals surface area contributed by atoms with Crippen molar-refractivity contribution in [3.05, 3.63) is 0 Å². The third-order valence-corrected chi connectivity index (χ3v) is 2.92. The zero-order valence-corrected chi connectivity index (χ0v) is 12.2. The maximum atomic E-state index is 10.2. The molecule has 0 rings (SSSR count). The van der Waals surface area contributed by atoms with Gasteiger partial charge in [-0.2, -0.15) is 0 Å². The Bertz CT molecular complexity index is 208. The Morgan fingerprint density at radius 3 is 2.42 bits per heavy atom. The van der Waals surface area contributed by atoms with Crippen LogP contribution in [0.4, 0.5) is 4.79 Å². The molecule has 1 atom stereocenters. The van der Waals surface area contributed by atoms with Gasteiger partial charge < -0.3 is 19.3 Å². The molecular weight excluding hydrogens is 248 g/mol. The maximum absolute atomic E-state index is 10.2. The van der Waals surface area contributed by atoms with Gasteiger partial charge in [0.1, 0.15) is 0 Å². The van der Waals surface area contributed by atoms with Crippen molar-refractivity contribution in [3.63, 3.8) is 0 Å². The lowest BCUT2D eigenvalue weighted by atomic mass is 10.1. The molecule has 19 heavy (non-hydrogen) atoms. The predicted octanol–water partition coefficient (Wildman–Crippen LogP) is 3.46. The van der Waals surface area contributed by atoms with Crippen LogP contribution in [-0.2, 0) is 14.2 Å². The van der Waals surface area contributed by atoms with Crippen molar-refractivity contribution in [1.29, 1.82) is 0 Å². The van der Waals surface area contributed by atoms with Crippen molar-refractivity contribution >= 4 is 6.16 Å². The van der Waals surface area contributed by atoms with Crippen molar-refractivity contribution in [2.24, 2.45) is 0 Å². The van der Waals surface area contributed by atoms with Gasteiger partial charge in [0, 0.05) is 7.11 Å². The molecule has 0 aromatic heterocycles. The van der Waals surface area contributed by atoms with Crippen LogP contribution in [0.15, 0.2) is 0 Å². The summed E-state index contributed by atoms with van der Waals surface area (Å²) in [5.41, 5.74) is 0. The highest BCUT2D eigenvalue weighted by atomic mass is 16.7. The summed E-state index contributed by atoms with van der Waals surface area (Å²) in [5, 5.41) is 8.38. The third kappa shape index (κ3) is 13.4. The van der Waals surface area contributed by atoms with Crippen molar-refractivity contribution in [1.82, 2.24) is 0 Å². The fourth-order valence-corrected chi connectivity index (χ4v) is 1.88. The SMILES string of the molecule is CCCCCCC(CCCOC(=O)O)OCCOC. The molecule has 0 radical (unpaired) electrons. The Morgan fingerprint density at radius 2 is 1.79 bits per heavy atom. The zero-order valence-electron chi connectivity index (χ0n) is 12.2. The minimum Gasteiger partial charge on any atom is -0.450 e. The van der Waals surface area contributed by atoms with E-state index in [2.05, 4.69) is 11.7 Å². The quantitative estimate of drug-likeness (QED) is 0.412. The van der Waals surface area contributed by atoms with Gasteiger partial charge in [-0.15, -0.1) is 0 Å². The smallest absolute Gasteiger partial charge is 0.450 e. The summed E-state index contributed by atoms with van der Waals surface area (Å²) in [6.45, 7) is 3.62.